The molecule has 0 aromatic heterocycles. The van der Waals surface area contributed by atoms with E-state index in [1.54, 1.807) is 0 Å². The van der Waals surface area contributed by atoms with E-state index in [1.165, 1.54) is 12.1 Å². The number of hydrogen-bond acceptors (Lipinski definition) is 1. The fraction of sp³-hybridized carbons (Fsp3) is 0.500. The van der Waals surface area contributed by atoms with E-state index in [2.05, 4.69) is 15.9 Å². The van der Waals surface area contributed by atoms with Crippen LogP contribution in [0.4, 0.5) is 8.78 Å². The summed E-state index contributed by atoms with van der Waals surface area (Å²) in [5.74, 6) is -1.36. The van der Waals surface area contributed by atoms with Gasteiger partial charge >= 0.3 is 0 Å². The first-order valence-corrected chi connectivity index (χ1v) is 6.15. The fourth-order valence-electron chi connectivity index (χ4n) is 2.27. The largest absolute Gasteiger partial charge is 0.385 e. The van der Waals surface area contributed by atoms with Crippen molar-refractivity contribution in [3.05, 3.63) is 33.8 Å². The third kappa shape index (κ3) is 1.89. The van der Waals surface area contributed by atoms with Gasteiger partial charge in [-0.15, -0.1) is 0 Å². The molecule has 2 rings (SSSR count). The van der Waals surface area contributed by atoms with Crippen molar-refractivity contribution in [1.29, 1.82) is 0 Å². The Balaban J connectivity index is 2.35. The number of aliphatic hydroxyl groups is 1. The van der Waals surface area contributed by atoms with Gasteiger partial charge in [-0.05, 0) is 30.9 Å². The molecule has 88 valence electrons. The average molecular weight is 291 g/mol. The zero-order valence-corrected chi connectivity index (χ0v) is 10.5. The lowest BCUT2D eigenvalue weighted by Crippen LogP contribution is -2.14. The Morgan fingerprint density at radius 2 is 2.00 bits per heavy atom. The molecular weight excluding hydrogens is 278 g/mol. The van der Waals surface area contributed by atoms with E-state index in [0.29, 0.717) is 10.9 Å². The van der Waals surface area contributed by atoms with Crippen molar-refractivity contribution in [3.63, 3.8) is 0 Å². The van der Waals surface area contributed by atoms with Gasteiger partial charge in [0.25, 0.3) is 0 Å². The van der Waals surface area contributed by atoms with Crippen molar-refractivity contribution in [1.82, 2.24) is 0 Å². The number of rotatable bonds is 3. The summed E-state index contributed by atoms with van der Waals surface area (Å²) in [5, 5.41) is 10.1. The lowest BCUT2D eigenvalue weighted by atomic mass is 10.0. The maximum atomic E-state index is 13.6. The SMILES string of the molecule is CCCC1CC1(O)c1c(F)cc(Br)cc1F. The summed E-state index contributed by atoms with van der Waals surface area (Å²) in [7, 11) is 0. The van der Waals surface area contributed by atoms with Crippen LogP contribution < -0.4 is 0 Å². The molecule has 1 aromatic rings. The third-order valence-electron chi connectivity index (χ3n) is 3.15. The predicted octanol–water partition coefficient (Wildman–Crippen LogP) is 3.73. The van der Waals surface area contributed by atoms with E-state index in [4.69, 9.17) is 0 Å². The van der Waals surface area contributed by atoms with Gasteiger partial charge in [-0.25, -0.2) is 8.78 Å². The number of halogens is 3. The number of hydrogen-bond donors (Lipinski definition) is 1. The average Bonchev–Trinajstić information content (AvgIpc) is 2.75. The zero-order valence-electron chi connectivity index (χ0n) is 8.93. The molecule has 2 atom stereocenters. The second-order valence-electron chi connectivity index (χ2n) is 4.36. The molecule has 1 N–H and O–H groups in total. The van der Waals surface area contributed by atoms with Crippen LogP contribution in [0.5, 0.6) is 0 Å². The standard InChI is InChI=1S/C12H13BrF2O/c1-2-3-7-6-12(7,16)11-9(14)4-8(13)5-10(11)15/h4-5,7,16H,2-3,6H2,1H3. The number of benzene rings is 1. The smallest absolute Gasteiger partial charge is 0.133 e. The highest BCUT2D eigenvalue weighted by atomic mass is 79.9. The summed E-state index contributed by atoms with van der Waals surface area (Å²) in [6, 6.07) is 2.38. The Morgan fingerprint density at radius 1 is 1.44 bits per heavy atom. The monoisotopic (exact) mass is 290 g/mol. The van der Waals surface area contributed by atoms with Gasteiger partial charge in [0.2, 0.25) is 0 Å². The highest BCUT2D eigenvalue weighted by Crippen LogP contribution is 2.55. The van der Waals surface area contributed by atoms with Gasteiger partial charge in [0.15, 0.2) is 0 Å². The second kappa shape index (κ2) is 4.08. The normalized spacial score (nSPS) is 28.2. The van der Waals surface area contributed by atoms with Crippen LogP contribution in [0.25, 0.3) is 0 Å². The molecule has 4 heteroatoms. The minimum absolute atomic E-state index is 0.0114. The van der Waals surface area contributed by atoms with Gasteiger partial charge in [-0.3, -0.25) is 0 Å². The highest BCUT2D eigenvalue weighted by molar-refractivity contribution is 9.10. The van der Waals surface area contributed by atoms with Crippen molar-refractivity contribution in [3.8, 4) is 0 Å². The van der Waals surface area contributed by atoms with Gasteiger partial charge in [-0.2, -0.15) is 0 Å². The summed E-state index contributed by atoms with van der Waals surface area (Å²) in [6.07, 6.45) is 2.16. The molecule has 1 saturated carbocycles. The predicted molar refractivity (Wildman–Crippen MR) is 61.0 cm³/mol. The molecule has 1 nitrogen and oxygen atoms in total. The molecule has 0 bridgehead atoms. The first-order valence-electron chi connectivity index (χ1n) is 5.36. The lowest BCUT2D eigenvalue weighted by molar-refractivity contribution is 0.120. The van der Waals surface area contributed by atoms with E-state index in [9.17, 15) is 13.9 Å². The van der Waals surface area contributed by atoms with E-state index < -0.39 is 17.2 Å². The molecule has 1 aliphatic rings. The fourth-order valence-corrected chi connectivity index (χ4v) is 2.67. The van der Waals surface area contributed by atoms with Crippen molar-refractivity contribution in [2.45, 2.75) is 31.8 Å². The lowest BCUT2D eigenvalue weighted by Gasteiger charge is -2.13. The molecule has 0 heterocycles. The molecule has 1 aliphatic carbocycles. The summed E-state index contributed by atoms with van der Waals surface area (Å²) in [6.45, 7) is 1.99. The van der Waals surface area contributed by atoms with E-state index in [1.807, 2.05) is 6.92 Å². The van der Waals surface area contributed by atoms with Crippen molar-refractivity contribution >= 4 is 15.9 Å². The topological polar surface area (TPSA) is 20.2 Å². The van der Waals surface area contributed by atoms with Crippen LogP contribution in [0.3, 0.4) is 0 Å². The maximum absolute atomic E-state index is 13.6. The van der Waals surface area contributed by atoms with Crippen LogP contribution in [-0.2, 0) is 5.60 Å². The summed E-state index contributed by atoms with van der Waals surface area (Å²) in [5.41, 5.74) is -1.46. The summed E-state index contributed by atoms with van der Waals surface area (Å²) in [4.78, 5) is 0. The Hall–Kier alpha value is -0.480. The van der Waals surface area contributed by atoms with Crippen LogP contribution in [0, 0.1) is 17.6 Å². The van der Waals surface area contributed by atoms with Crippen LogP contribution in [-0.4, -0.2) is 5.11 Å². The molecule has 0 amide bonds. The van der Waals surface area contributed by atoms with E-state index in [-0.39, 0.29) is 11.5 Å². The molecule has 1 aromatic carbocycles. The molecule has 2 unspecified atom stereocenters. The van der Waals surface area contributed by atoms with Crippen molar-refractivity contribution in [2.75, 3.05) is 0 Å². The minimum Gasteiger partial charge on any atom is -0.385 e. The van der Waals surface area contributed by atoms with Gasteiger partial charge in [-0.1, -0.05) is 29.3 Å². The molecule has 0 spiro atoms. The molecule has 16 heavy (non-hydrogen) atoms. The first kappa shape index (κ1) is 12.0. The van der Waals surface area contributed by atoms with Crippen LogP contribution in [0.1, 0.15) is 31.7 Å². The van der Waals surface area contributed by atoms with Gasteiger partial charge < -0.3 is 5.11 Å². The van der Waals surface area contributed by atoms with Gasteiger partial charge in [0.05, 0.1) is 11.2 Å². The second-order valence-corrected chi connectivity index (χ2v) is 5.27. The summed E-state index contributed by atoms with van der Waals surface area (Å²) < 4.78 is 27.6. The first-order chi connectivity index (χ1) is 7.49. The van der Waals surface area contributed by atoms with Crippen molar-refractivity contribution in [2.24, 2.45) is 5.92 Å². The van der Waals surface area contributed by atoms with Gasteiger partial charge in [0.1, 0.15) is 11.6 Å². The minimum atomic E-state index is -1.29. The van der Waals surface area contributed by atoms with E-state index >= 15 is 0 Å². The Morgan fingerprint density at radius 3 is 2.50 bits per heavy atom. The van der Waals surface area contributed by atoms with Crippen molar-refractivity contribution < 1.29 is 13.9 Å². The maximum Gasteiger partial charge on any atom is 0.133 e. The molecule has 0 aliphatic heterocycles. The highest BCUT2D eigenvalue weighted by Gasteiger charge is 2.56. The van der Waals surface area contributed by atoms with Crippen LogP contribution in [0.15, 0.2) is 16.6 Å². The molecular formula is C12H13BrF2O. The van der Waals surface area contributed by atoms with Crippen LogP contribution >= 0.6 is 15.9 Å². The molecule has 1 fully saturated rings. The summed E-state index contributed by atoms with van der Waals surface area (Å²) >= 11 is 3.02. The Kier molecular flexibility index (Phi) is 3.05. The molecule has 0 saturated heterocycles. The van der Waals surface area contributed by atoms with Gasteiger partial charge in [0, 0.05) is 4.47 Å². The van der Waals surface area contributed by atoms with Crippen LogP contribution in [0.2, 0.25) is 0 Å². The Bertz CT molecular complexity index is 398. The quantitative estimate of drug-likeness (QED) is 0.899. The molecule has 0 radical (unpaired) electrons. The Labute approximate surface area is 102 Å². The zero-order chi connectivity index (χ0) is 11.9. The van der Waals surface area contributed by atoms with E-state index in [0.717, 1.165) is 12.8 Å². The third-order valence-corrected chi connectivity index (χ3v) is 3.61.